The molecule has 0 spiro atoms. The molecule has 3 nitrogen and oxygen atoms in total. The second-order valence-corrected chi connectivity index (χ2v) is 6.66. The normalized spacial score (nSPS) is 20.0. The Hall–Kier alpha value is -0.100. The zero-order chi connectivity index (χ0) is 13.3. The number of aliphatic hydroxyl groups is 1. The summed E-state index contributed by atoms with van der Waals surface area (Å²) in [4.78, 5) is 0. The highest BCUT2D eigenvalue weighted by Crippen LogP contribution is 2.39. The van der Waals surface area contributed by atoms with E-state index in [0.29, 0.717) is 10.0 Å². The third kappa shape index (κ3) is 2.90. The third-order valence-corrected chi connectivity index (χ3v) is 4.73. The van der Waals surface area contributed by atoms with Crippen LogP contribution in [0, 0.1) is 5.92 Å². The molecule has 1 aromatic carbocycles. The minimum Gasteiger partial charge on any atom is -0.506 e. The van der Waals surface area contributed by atoms with Crippen molar-refractivity contribution >= 4 is 31.9 Å². The molecule has 0 unspecified atom stereocenters. The van der Waals surface area contributed by atoms with E-state index in [9.17, 15) is 10.2 Å². The molecule has 1 aliphatic rings. The Morgan fingerprint density at radius 2 is 1.83 bits per heavy atom. The van der Waals surface area contributed by atoms with E-state index in [1.807, 2.05) is 0 Å². The number of hydrogen-bond donors (Lipinski definition) is 3. The molecule has 18 heavy (non-hydrogen) atoms. The van der Waals surface area contributed by atoms with Gasteiger partial charge < -0.3 is 15.9 Å². The Morgan fingerprint density at radius 1 is 1.22 bits per heavy atom. The molecular formula is C13H17Br2NO2. The molecule has 2 rings (SSSR count). The van der Waals surface area contributed by atoms with Crippen LogP contribution in [0.4, 0.5) is 0 Å². The standard InChI is InChI=1S/C13H17Br2NO2/c14-8-5-9(13(18)10(15)6-8)11(16)12(17)7-3-1-2-4-7/h5-7,11-12,17-18H,1-4,16H2/t11-,12+/m0/s1. The van der Waals surface area contributed by atoms with E-state index >= 15 is 0 Å². The number of rotatable bonds is 3. The first-order chi connectivity index (χ1) is 8.50. The Balaban J connectivity index is 2.24. The van der Waals surface area contributed by atoms with Crippen molar-refractivity contribution in [3.05, 3.63) is 26.6 Å². The van der Waals surface area contributed by atoms with Crippen LogP contribution >= 0.6 is 31.9 Å². The van der Waals surface area contributed by atoms with E-state index < -0.39 is 12.1 Å². The molecule has 1 saturated carbocycles. The van der Waals surface area contributed by atoms with Gasteiger partial charge in [-0.25, -0.2) is 0 Å². The van der Waals surface area contributed by atoms with Crippen molar-refractivity contribution in [1.29, 1.82) is 0 Å². The predicted octanol–water partition coefficient (Wildman–Crippen LogP) is 3.47. The molecule has 0 bridgehead atoms. The molecule has 0 aliphatic heterocycles. The smallest absolute Gasteiger partial charge is 0.134 e. The number of nitrogens with two attached hydrogens (primary N) is 1. The summed E-state index contributed by atoms with van der Waals surface area (Å²) in [5, 5.41) is 20.3. The maximum absolute atomic E-state index is 10.3. The fourth-order valence-electron chi connectivity index (χ4n) is 2.62. The Kier molecular flexibility index (Phi) is 4.69. The monoisotopic (exact) mass is 377 g/mol. The molecular weight excluding hydrogens is 362 g/mol. The van der Waals surface area contributed by atoms with Crippen LogP contribution in [0.3, 0.4) is 0 Å². The largest absolute Gasteiger partial charge is 0.506 e. The summed E-state index contributed by atoms with van der Waals surface area (Å²) in [5.74, 6) is 0.361. The minimum atomic E-state index is -0.598. The number of benzene rings is 1. The quantitative estimate of drug-likeness (QED) is 0.754. The summed E-state index contributed by atoms with van der Waals surface area (Å²) in [7, 11) is 0. The Labute approximate surface area is 124 Å². The molecule has 100 valence electrons. The maximum atomic E-state index is 10.3. The molecule has 0 saturated heterocycles. The lowest BCUT2D eigenvalue weighted by molar-refractivity contribution is 0.0836. The fraction of sp³-hybridized carbons (Fsp3) is 0.538. The third-order valence-electron chi connectivity index (χ3n) is 3.67. The summed E-state index contributed by atoms with van der Waals surface area (Å²) in [6.45, 7) is 0. The molecule has 0 heterocycles. The number of aliphatic hydroxyl groups excluding tert-OH is 1. The van der Waals surface area contributed by atoms with E-state index in [1.54, 1.807) is 12.1 Å². The van der Waals surface area contributed by atoms with Gasteiger partial charge in [-0.1, -0.05) is 28.8 Å². The van der Waals surface area contributed by atoms with Gasteiger partial charge in [-0.2, -0.15) is 0 Å². The van der Waals surface area contributed by atoms with E-state index in [4.69, 9.17) is 5.73 Å². The van der Waals surface area contributed by atoms with Gasteiger partial charge in [0, 0.05) is 10.0 Å². The lowest BCUT2D eigenvalue weighted by Gasteiger charge is -2.25. The number of aromatic hydroxyl groups is 1. The number of phenols is 1. The van der Waals surface area contributed by atoms with Crippen molar-refractivity contribution in [2.75, 3.05) is 0 Å². The first-order valence-electron chi connectivity index (χ1n) is 6.12. The first-order valence-corrected chi connectivity index (χ1v) is 7.71. The zero-order valence-electron chi connectivity index (χ0n) is 9.94. The van der Waals surface area contributed by atoms with Crippen LogP contribution in [0.2, 0.25) is 0 Å². The predicted molar refractivity (Wildman–Crippen MR) is 78.4 cm³/mol. The highest BCUT2D eigenvalue weighted by atomic mass is 79.9. The lowest BCUT2D eigenvalue weighted by Crippen LogP contribution is -2.32. The van der Waals surface area contributed by atoms with Gasteiger partial charge in [-0.05, 0) is 46.8 Å². The van der Waals surface area contributed by atoms with Crippen LogP contribution in [-0.4, -0.2) is 16.3 Å². The molecule has 0 amide bonds. The van der Waals surface area contributed by atoms with Crippen LogP contribution < -0.4 is 5.73 Å². The van der Waals surface area contributed by atoms with Crippen molar-refractivity contribution < 1.29 is 10.2 Å². The van der Waals surface area contributed by atoms with Crippen molar-refractivity contribution in [2.45, 2.75) is 37.8 Å². The van der Waals surface area contributed by atoms with Crippen LogP contribution in [0.1, 0.15) is 37.3 Å². The molecule has 5 heteroatoms. The lowest BCUT2D eigenvalue weighted by atomic mass is 9.90. The maximum Gasteiger partial charge on any atom is 0.134 e. The molecule has 1 aliphatic carbocycles. The second kappa shape index (κ2) is 5.90. The molecule has 0 radical (unpaired) electrons. The highest BCUT2D eigenvalue weighted by Gasteiger charge is 2.30. The van der Waals surface area contributed by atoms with Gasteiger partial charge in [0.25, 0.3) is 0 Å². The molecule has 2 atom stereocenters. The molecule has 1 aromatic rings. The molecule has 1 fully saturated rings. The number of phenolic OH excluding ortho intramolecular Hbond substituents is 1. The molecule has 4 N–H and O–H groups in total. The van der Waals surface area contributed by atoms with Crippen molar-refractivity contribution in [1.82, 2.24) is 0 Å². The first kappa shape index (κ1) is 14.3. The minimum absolute atomic E-state index is 0.114. The van der Waals surface area contributed by atoms with Crippen molar-refractivity contribution in [3.63, 3.8) is 0 Å². The van der Waals surface area contributed by atoms with Gasteiger partial charge in [0.05, 0.1) is 16.6 Å². The summed E-state index contributed by atoms with van der Waals surface area (Å²) in [6, 6.07) is 2.97. The fourth-order valence-corrected chi connectivity index (χ4v) is 3.87. The van der Waals surface area contributed by atoms with E-state index in [2.05, 4.69) is 31.9 Å². The average molecular weight is 379 g/mol. The van der Waals surface area contributed by atoms with Gasteiger partial charge in [-0.3, -0.25) is 0 Å². The Morgan fingerprint density at radius 3 is 2.44 bits per heavy atom. The summed E-state index contributed by atoms with van der Waals surface area (Å²) in [5.41, 5.74) is 6.68. The van der Waals surface area contributed by atoms with Crippen molar-refractivity contribution in [3.8, 4) is 5.75 Å². The SMILES string of the molecule is N[C@@H](c1cc(Br)cc(Br)c1O)[C@H](O)C1CCCC1. The van der Waals surface area contributed by atoms with Crippen LogP contribution in [0.25, 0.3) is 0 Å². The van der Waals surface area contributed by atoms with Gasteiger partial charge in [-0.15, -0.1) is 0 Å². The van der Waals surface area contributed by atoms with Gasteiger partial charge in [0.15, 0.2) is 0 Å². The molecule has 0 aromatic heterocycles. The summed E-state index contributed by atoms with van der Waals surface area (Å²) < 4.78 is 1.41. The van der Waals surface area contributed by atoms with Crippen LogP contribution in [0.15, 0.2) is 21.1 Å². The van der Waals surface area contributed by atoms with Crippen LogP contribution in [0.5, 0.6) is 5.75 Å². The van der Waals surface area contributed by atoms with Gasteiger partial charge >= 0.3 is 0 Å². The Bertz CT molecular complexity index is 433. The topological polar surface area (TPSA) is 66.5 Å². The summed E-state index contributed by atoms with van der Waals surface area (Å²) >= 11 is 6.65. The van der Waals surface area contributed by atoms with Crippen LogP contribution in [-0.2, 0) is 0 Å². The highest BCUT2D eigenvalue weighted by molar-refractivity contribution is 9.11. The number of halogens is 2. The number of hydrogen-bond acceptors (Lipinski definition) is 3. The van der Waals surface area contributed by atoms with Gasteiger partial charge in [0.1, 0.15) is 5.75 Å². The van der Waals surface area contributed by atoms with E-state index in [1.165, 1.54) is 0 Å². The van der Waals surface area contributed by atoms with E-state index in [0.717, 1.165) is 30.2 Å². The average Bonchev–Trinajstić information content (AvgIpc) is 2.85. The van der Waals surface area contributed by atoms with Gasteiger partial charge in [0.2, 0.25) is 0 Å². The summed E-state index contributed by atoms with van der Waals surface area (Å²) in [6.07, 6.45) is 3.75. The zero-order valence-corrected chi connectivity index (χ0v) is 13.1. The van der Waals surface area contributed by atoms with E-state index in [-0.39, 0.29) is 11.7 Å². The van der Waals surface area contributed by atoms with Crippen molar-refractivity contribution in [2.24, 2.45) is 11.7 Å². The second-order valence-electron chi connectivity index (χ2n) is 4.89.